The highest BCUT2D eigenvalue weighted by atomic mass is 16.4. The molecule has 0 saturated heterocycles. The Morgan fingerprint density at radius 3 is 2.48 bits per heavy atom. The molecule has 1 atom stereocenters. The van der Waals surface area contributed by atoms with Gasteiger partial charge >= 0.3 is 5.97 Å². The van der Waals surface area contributed by atoms with E-state index in [0.717, 1.165) is 10.8 Å². The molecule has 1 unspecified atom stereocenters. The molecule has 0 saturated carbocycles. The van der Waals surface area contributed by atoms with Crippen molar-refractivity contribution < 1.29 is 14.7 Å². The van der Waals surface area contributed by atoms with E-state index in [0.29, 0.717) is 17.8 Å². The predicted octanol–water partition coefficient (Wildman–Crippen LogP) is 2.26. The van der Waals surface area contributed by atoms with E-state index < -0.39 is 5.97 Å². The SMILES string of the molecule is CC(CNC(=O)c1cc2ccccc2cc1N)CC(=O)O. The highest BCUT2D eigenvalue weighted by Crippen LogP contribution is 2.21. The second kappa shape index (κ2) is 6.26. The molecule has 2 aromatic rings. The molecule has 0 bridgehead atoms. The molecule has 4 N–H and O–H groups in total. The molecule has 0 spiro atoms. The minimum absolute atomic E-state index is 0.0213. The number of carboxylic acids is 1. The van der Waals surface area contributed by atoms with Crippen molar-refractivity contribution in [3.8, 4) is 0 Å². The van der Waals surface area contributed by atoms with Gasteiger partial charge in [0, 0.05) is 18.7 Å². The van der Waals surface area contributed by atoms with Crippen molar-refractivity contribution in [1.82, 2.24) is 5.32 Å². The number of hydrogen-bond acceptors (Lipinski definition) is 3. The number of amides is 1. The van der Waals surface area contributed by atoms with Gasteiger partial charge in [-0.1, -0.05) is 31.2 Å². The number of fused-ring (bicyclic) bond motifs is 1. The van der Waals surface area contributed by atoms with E-state index >= 15 is 0 Å². The van der Waals surface area contributed by atoms with Crippen molar-refractivity contribution in [2.75, 3.05) is 12.3 Å². The summed E-state index contributed by atoms with van der Waals surface area (Å²) < 4.78 is 0. The van der Waals surface area contributed by atoms with Crippen LogP contribution < -0.4 is 11.1 Å². The van der Waals surface area contributed by atoms with Crippen LogP contribution in [0.15, 0.2) is 36.4 Å². The Kier molecular flexibility index (Phi) is 4.42. The number of hydrogen-bond donors (Lipinski definition) is 3. The standard InChI is InChI=1S/C16H18N2O3/c1-10(6-15(19)20)9-18-16(21)13-7-11-4-2-3-5-12(11)8-14(13)17/h2-5,7-8,10H,6,9,17H2,1H3,(H,18,21)(H,19,20). The van der Waals surface area contributed by atoms with Crippen molar-refractivity contribution in [1.29, 1.82) is 0 Å². The lowest BCUT2D eigenvalue weighted by Gasteiger charge is -2.12. The summed E-state index contributed by atoms with van der Waals surface area (Å²) in [7, 11) is 0. The molecule has 2 rings (SSSR count). The fourth-order valence-electron chi connectivity index (χ4n) is 2.19. The molecule has 2 aromatic carbocycles. The molecule has 5 heteroatoms. The molecule has 0 aromatic heterocycles. The summed E-state index contributed by atoms with van der Waals surface area (Å²) in [5.41, 5.74) is 6.75. The van der Waals surface area contributed by atoms with Gasteiger partial charge in [-0.25, -0.2) is 0 Å². The number of nitrogens with two attached hydrogens (primary N) is 1. The first-order chi connectivity index (χ1) is 9.97. The van der Waals surface area contributed by atoms with Crippen molar-refractivity contribution in [3.63, 3.8) is 0 Å². The zero-order valence-electron chi connectivity index (χ0n) is 11.8. The maximum absolute atomic E-state index is 12.2. The van der Waals surface area contributed by atoms with Crippen molar-refractivity contribution in [3.05, 3.63) is 42.0 Å². The number of benzene rings is 2. The molecule has 21 heavy (non-hydrogen) atoms. The van der Waals surface area contributed by atoms with Gasteiger partial charge in [0.05, 0.1) is 5.56 Å². The summed E-state index contributed by atoms with van der Waals surface area (Å²) in [6.45, 7) is 2.08. The lowest BCUT2D eigenvalue weighted by atomic mass is 10.0. The average molecular weight is 286 g/mol. The van der Waals surface area contributed by atoms with Gasteiger partial charge < -0.3 is 16.2 Å². The number of rotatable bonds is 5. The van der Waals surface area contributed by atoms with Crippen LogP contribution in [0.4, 0.5) is 5.69 Å². The normalized spacial score (nSPS) is 12.0. The highest BCUT2D eigenvalue weighted by Gasteiger charge is 2.13. The zero-order chi connectivity index (χ0) is 15.4. The van der Waals surface area contributed by atoms with E-state index in [-0.39, 0.29) is 18.2 Å². The summed E-state index contributed by atoms with van der Waals surface area (Å²) in [5.74, 6) is -1.29. The number of carbonyl (C=O) groups is 2. The Balaban J connectivity index is 2.12. The van der Waals surface area contributed by atoms with E-state index in [1.807, 2.05) is 24.3 Å². The number of anilines is 1. The third kappa shape index (κ3) is 3.72. The van der Waals surface area contributed by atoms with Crippen LogP contribution in [0.2, 0.25) is 0 Å². The third-order valence-corrected chi connectivity index (χ3v) is 3.30. The van der Waals surface area contributed by atoms with E-state index in [2.05, 4.69) is 5.32 Å². The molecule has 110 valence electrons. The summed E-state index contributed by atoms with van der Waals surface area (Å²) in [6, 6.07) is 11.2. The molecular weight excluding hydrogens is 268 g/mol. The second-order valence-corrected chi connectivity index (χ2v) is 5.20. The van der Waals surface area contributed by atoms with Crippen LogP contribution in [0, 0.1) is 5.92 Å². The first-order valence-corrected chi connectivity index (χ1v) is 6.75. The molecule has 0 aliphatic rings. The summed E-state index contributed by atoms with van der Waals surface area (Å²) in [5, 5.41) is 13.3. The summed E-state index contributed by atoms with van der Waals surface area (Å²) >= 11 is 0. The number of aliphatic carboxylic acids is 1. The van der Waals surface area contributed by atoms with Crippen LogP contribution in [0.25, 0.3) is 10.8 Å². The molecule has 0 heterocycles. The molecule has 0 aliphatic heterocycles. The van der Waals surface area contributed by atoms with Gasteiger partial charge in [0.15, 0.2) is 0 Å². The maximum Gasteiger partial charge on any atom is 0.303 e. The second-order valence-electron chi connectivity index (χ2n) is 5.20. The first-order valence-electron chi connectivity index (χ1n) is 6.75. The number of carbonyl (C=O) groups excluding carboxylic acids is 1. The Labute approximate surface area is 122 Å². The zero-order valence-corrected chi connectivity index (χ0v) is 11.8. The van der Waals surface area contributed by atoms with Gasteiger partial charge in [0.1, 0.15) is 0 Å². The van der Waals surface area contributed by atoms with E-state index in [4.69, 9.17) is 10.8 Å². The van der Waals surface area contributed by atoms with E-state index in [1.54, 1.807) is 19.1 Å². The Hall–Kier alpha value is -2.56. The topological polar surface area (TPSA) is 92.4 Å². The quantitative estimate of drug-likeness (QED) is 0.735. The molecule has 0 fully saturated rings. The van der Waals surface area contributed by atoms with Gasteiger partial charge in [-0.3, -0.25) is 9.59 Å². The van der Waals surface area contributed by atoms with Gasteiger partial charge in [-0.15, -0.1) is 0 Å². The maximum atomic E-state index is 12.2. The minimum Gasteiger partial charge on any atom is -0.481 e. The fourth-order valence-corrected chi connectivity index (χ4v) is 2.19. The van der Waals surface area contributed by atoms with E-state index in [9.17, 15) is 9.59 Å². The smallest absolute Gasteiger partial charge is 0.303 e. The van der Waals surface area contributed by atoms with Gasteiger partial charge in [0.2, 0.25) is 0 Å². The van der Waals surface area contributed by atoms with Crippen molar-refractivity contribution in [2.45, 2.75) is 13.3 Å². The number of nitrogens with one attached hydrogen (secondary N) is 1. The monoisotopic (exact) mass is 286 g/mol. The Bertz CT molecular complexity index is 682. The van der Waals surface area contributed by atoms with Crippen LogP contribution in [-0.4, -0.2) is 23.5 Å². The largest absolute Gasteiger partial charge is 0.481 e. The van der Waals surface area contributed by atoms with Gasteiger partial charge in [0.25, 0.3) is 5.91 Å². The van der Waals surface area contributed by atoms with Crippen LogP contribution >= 0.6 is 0 Å². The average Bonchev–Trinajstić information content (AvgIpc) is 2.43. The molecule has 5 nitrogen and oxygen atoms in total. The lowest BCUT2D eigenvalue weighted by molar-refractivity contribution is -0.137. The van der Waals surface area contributed by atoms with Gasteiger partial charge in [-0.05, 0) is 28.8 Å². The third-order valence-electron chi connectivity index (χ3n) is 3.30. The lowest BCUT2D eigenvalue weighted by Crippen LogP contribution is -2.29. The van der Waals surface area contributed by atoms with Crippen LogP contribution in [0.1, 0.15) is 23.7 Å². The fraction of sp³-hybridized carbons (Fsp3) is 0.250. The molecule has 1 amide bonds. The van der Waals surface area contributed by atoms with Crippen LogP contribution in [0.3, 0.4) is 0 Å². The van der Waals surface area contributed by atoms with Crippen molar-refractivity contribution in [2.24, 2.45) is 5.92 Å². The number of carboxylic acid groups (broad SMARTS) is 1. The summed E-state index contributed by atoms with van der Waals surface area (Å²) in [4.78, 5) is 22.8. The Morgan fingerprint density at radius 1 is 1.24 bits per heavy atom. The van der Waals surface area contributed by atoms with Crippen LogP contribution in [0.5, 0.6) is 0 Å². The number of nitrogen functional groups attached to an aromatic ring is 1. The molecular formula is C16H18N2O3. The van der Waals surface area contributed by atoms with E-state index in [1.165, 1.54) is 0 Å². The summed E-state index contributed by atoms with van der Waals surface area (Å²) in [6.07, 6.45) is 0.0213. The van der Waals surface area contributed by atoms with Gasteiger partial charge in [-0.2, -0.15) is 0 Å². The highest BCUT2D eigenvalue weighted by molar-refractivity contribution is 6.03. The first kappa shape index (κ1) is 14.8. The minimum atomic E-state index is -0.873. The predicted molar refractivity (Wildman–Crippen MR) is 82.1 cm³/mol. The van der Waals surface area contributed by atoms with Crippen molar-refractivity contribution >= 4 is 28.3 Å². The van der Waals surface area contributed by atoms with Crippen LogP contribution in [-0.2, 0) is 4.79 Å². The molecule has 0 aliphatic carbocycles. The molecule has 0 radical (unpaired) electrons. The Morgan fingerprint density at radius 2 is 1.86 bits per heavy atom.